The molecule has 1 saturated heterocycles. The molecule has 5 rings (SSSR count). The summed E-state index contributed by atoms with van der Waals surface area (Å²) in [6, 6.07) is 1.87. The maximum atomic E-state index is 13.0. The average Bonchev–Trinajstić information content (AvgIpc) is 3.48. The minimum Gasteiger partial charge on any atom is -0.298 e. The second-order valence-electron chi connectivity index (χ2n) is 9.78. The van der Waals surface area contributed by atoms with Crippen LogP contribution >= 0.6 is 0 Å². The lowest BCUT2D eigenvalue weighted by Gasteiger charge is -2.38. The summed E-state index contributed by atoms with van der Waals surface area (Å²) in [4.78, 5) is 15.1. The minimum atomic E-state index is -3.99. The summed E-state index contributed by atoms with van der Waals surface area (Å²) in [5.41, 5.74) is 7.31. The zero-order valence-corrected chi connectivity index (χ0v) is 20.2. The molecule has 0 radical (unpaired) electrons. The Bertz CT molecular complexity index is 1140. The van der Waals surface area contributed by atoms with Gasteiger partial charge in [0.1, 0.15) is 0 Å². The van der Waals surface area contributed by atoms with Crippen molar-refractivity contribution >= 4 is 16.1 Å². The van der Waals surface area contributed by atoms with Gasteiger partial charge in [-0.25, -0.2) is 4.72 Å². The molecule has 2 N–H and O–H groups in total. The number of likely N-dealkylation sites (tertiary alicyclic amines) is 1. The van der Waals surface area contributed by atoms with Crippen molar-refractivity contribution in [1.29, 1.82) is 0 Å². The van der Waals surface area contributed by atoms with E-state index >= 15 is 0 Å². The summed E-state index contributed by atoms with van der Waals surface area (Å²) in [7, 11) is -0.146. The van der Waals surface area contributed by atoms with Crippen molar-refractivity contribution in [3.8, 4) is 0 Å². The lowest BCUT2D eigenvalue weighted by atomic mass is 9.92. The molecule has 1 aliphatic heterocycles. The number of carbonyl (C=O) groups is 1. The molecule has 0 spiro atoms. The number of piperidine rings is 1. The van der Waals surface area contributed by atoms with Crippen LogP contribution < -0.4 is 9.44 Å². The number of nitrogens with zero attached hydrogens (tertiary/aromatic N) is 3. The van der Waals surface area contributed by atoms with E-state index in [-0.39, 0.29) is 18.5 Å². The first-order valence-electron chi connectivity index (χ1n) is 12.0. The number of likely N-dealkylation sites (N-methyl/N-ethyl adjacent to an activating group) is 1. The zero-order chi connectivity index (χ0) is 23.2. The van der Waals surface area contributed by atoms with Gasteiger partial charge in [0.25, 0.3) is 0 Å². The van der Waals surface area contributed by atoms with Crippen LogP contribution in [0.1, 0.15) is 65.1 Å². The van der Waals surface area contributed by atoms with Crippen LogP contribution in [-0.4, -0.2) is 48.6 Å². The van der Waals surface area contributed by atoms with Crippen LogP contribution in [0.25, 0.3) is 0 Å². The molecule has 1 aromatic carbocycles. The molecule has 0 bridgehead atoms. The van der Waals surface area contributed by atoms with Gasteiger partial charge in [-0.2, -0.15) is 18.2 Å². The smallest absolute Gasteiger partial charge is 0.298 e. The molecule has 9 heteroatoms. The molecule has 178 valence electrons. The topological polar surface area (TPSA) is 96.3 Å². The van der Waals surface area contributed by atoms with Crippen LogP contribution in [-0.2, 0) is 54.2 Å². The van der Waals surface area contributed by atoms with E-state index in [1.165, 1.54) is 22.3 Å². The van der Waals surface area contributed by atoms with Crippen LogP contribution in [0, 0.1) is 0 Å². The van der Waals surface area contributed by atoms with Crippen molar-refractivity contribution in [1.82, 2.24) is 24.1 Å². The lowest BCUT2D eigenvalue weighted by Crippen LogP contribution is -2.52. The summed E-state index contributed by atoms with van der Waals surface area (Å²) in [5, 5.41) is 4.25. The highest BCUT2D eigenvalue weighted by molar-refractivity contribution is 7.88. The van der Waals surface area contributed by atoms with Crippen molar-refractivity contribution in [3.63, 3.8) is 0 Å². The maximum Gasteiger partial charge on any atom is 0.301 e. The molecule has 2 atom stereocenters. The fourth-order valence-electron chi connectivity index (χ4n) is 6.09. The van der Waals surface area contributed by atoms with Gasteiger partial charge in [-0.1, -0.05) is 6.07 Å². The van der Waals surface area contributed by atoms with Gasteiger partial charge in [-0.05, 0) is 92.8 Å². The third kappa shape index (κ3) is 4.58. The molecule has 2 unspecified atom stereocenters. The summed E-state index contributed by atoms with van der Waals surface area (Å²) >= 11 is 0. The van der Waals surface area contributed by atoms with Gasteiger partial charge < -0.3 is 0 Å². The molecule has 1 fully saturated rings. The number of aromatic nitrogens is 2. The number of hydrogen-bond acceptors (Lipinski definition) is 5. The molecule has 2 aromatic rings. The van der Waals surface area contributed by atoms with E-state index in [2.05, 4.69) is 25.5 Å². The van der Waals surface area contributed by atoms with Crippen molar-refractivity contribution in [2.75, 3.05) is 13.6 Å². The summed E-state index contributed by atoms with van der Waals surface area (Å²) < 4.78 is 32.7. The Hall–Kier alpha value is -2.23. The number of hydrogen-bond donors (Lipinski definition) is 2. The van der Waals surface area contributed by atoms with Crippen molar-refractivity contribution < 1.29 is 13.2 Å². The Morgan fingerprint density at radius 2 is 1.79 bits per heavy atom. The van der Waals surface area contributed by atoms with E-state index in [0.29, 0.717) is 6.42 Å². The summed E-state index contributed by atoms with van der Waals surface area (Å²) in [6.07, 6.45) is 11.7. The van der Waals surface area contributed by atoms with E-state index in [1.807, 2.05) is 20.3 Å². The molecule has 8 nitrogen and oxygen atoms in total. The average molecular weight is 472 g/mol. The number of nitrogens with one attached hydrogen (secondary N) is 2. The standard InChI is InChI=1S/C24H33N5O3S/c1-28-11-5-10-22(24(28)18-14-25-29(2)15-18)26-33(31,32)27-23(30)13-21-19-8-3-6-16(19)12-17-7-4-9-20(17)21/h12,14-15,22,24,26H,3-11,13H2,1-2H3,(H,27,30). The highest BCUT2D eigenvalue weighted by Crippen LogP contribution is 2.35. The molecule has 33 heavy (non-hydrogen) atoms. The Kier molecular flexibility index (Phi) is 6.05. The highest BCUT2D eigenvalue weighted by atomic mass is 32.2. The van der Waals surface area contributed by atoms with Crippen LogP contribution in [0.2, 0.25) is 0 Å². The van der Waals surface area contributed by atoms with Crippen molar-refractivity contribution in [2.24, 2.45) is 7.05 Å². The Morgan fingerprint density at radius 1 is 1.09 bits per heavy atom. The number of aryl methyl sites for hydroxylation is 3. The largest absolute Gasteiger partial charge is 0.301 e. The number of amides is 1. The molecule has 1 amide bonds. The second-order valence-corrected chi connectivity index (χ2v) is 11.2. The number of rotatable bonds is 6. The van der Waals surface area contributed by atoms with Crippen LogP contribution in [0.15, 0.2) is 18.5 Å². The second kappa shape index (κ2) is 8.85. The normalized spacial score (nSPS) is 22.8. The lowest BCUT2D eigenvalue weighted by molar-refractivity contribution is -0.118. The number of fused-ring (bicyclic) bond motifs is 2. The monoisotopic (exact) mass is 471 g/mol. The summed E-state index contributed by atoms with van der Waals surface area (Å²) in [6.45, 7) is 0.883. The Balaban J connectivity index is 1.31. The quantitative estimate of drug-likeness (QED) is 0.669. The Morgan fingerprint density at radius 3 is 2.42 bits per heavy atom. The maximum absolute atomic E-state index is 13.0. The molecule has 2 heterocycles. The van der Waals surface area contributed by atoms with Gasteiger partial charge in [0, 0.05) is 24.8 Å². The third-order valence-electron chi connectivity index (χ3n) is 7.44. The van der Waals surface area contributed by atoms with E-state index in [9.17, 15) is 13.2 Å². The van der Waals surface area contributed by atoms with Gasteiger partial charge in [0.2, 0.25) is 5.91 Å². The molecule has 1 aromatic heterocycles. The zero-order valence-electron chi connectivity index (χ0n) is 19.4. The first-order valence-corrected chi connectivity index (χ1v) is 13.5. The molecule has 3 aliphatic rings. The molecular weight excluding hydrogens is 438 g/mol. The number of carbonyl (C=O) groups excluding carboxylic acids is 1. The van der Waals surface area contributed by atoms with Gasteiger partial charge in [-0.15, -0.1) is 0 Å². The summed E-state index contributed by atoms with van der Waals surface area (Å²) in [5.74, 6) is -0.459. The first kappa shape index (κ1) is 22.6. The minimum absolute atomic E-state index is 0.125. The van der Waals surface area contributed by atoms with Crippen LogP contribution in [0.5, 0.6) is 0 Å². The fourth-order valence-corrected chi connectivity index (χ4v) is 7.17. The van der Waals surface area contributed by atoms with Gasteiger partial charge in [0.05, 0.1) is 18.7 Å². The molecule has 2 aliphatic carbocycles. The van der Waals surface area contributed by atoms with Crippen LogP contribution in [0.3, 0.4) is 0 Å². The van der Waals surface area contributed by atoms with Gasteiger partial charge in [0.15, 0.2) is 0 Å². The number of benzene rings is 1. The predicted octanol–water partition coefficient (Wildman–Crippen LogP) is 1.73. The van der Waals surface area contributed by atoms with Crippen LogP contribution in [0.4, 0.5) is 0 Å². The van der Waals surface area contributed by atoms with E-state index < -0.39 is 16.1 Å². The highest BCUT2D eigenvalue weighted by Gasteiger charge is 2.35. The van der Waals surface area contributed by atoms with Gasteiger partial charge in [-0.3, -0.25) is 14.4 Å². The SMILES string of the molecule is CN1CCCC(NS(=O)(=O)NC(=O)Cc2c3c(cc4c2CCC4)CCC3)C1c1cnn(C)c1. The van der Waals surface area contributed by atoms with Gasteiger partial charge >= 0.3 is 10.2 Å². The van der Waals surface area contributed by atoms with Crippen molar-refractivity contribution in [2.45, 2.75) is 69.9 Å². The first-order chi connectivity index (χ1) is 15.8. The predicted molar refractivity (Wildman–Crippen MR) is 126 cm³/mol. The fraction of sp³-hybridized carbons (Fsp3) is 0.583. The molecule has 0 saturated carbocycles. The molecular formula is C24H33N5O3S. The van der Waals surface area contributed by atoms with E-state index in [0.717, 1.165) is 62.6 Å². The Labute approximate surface area is 195 Å². The third-order valence-corrected chi connectivity index (χ3v) is 8.55. The van der Waals surface area contributed by atoms with E-state index in [4.69, 9.17) is 0 Å². The van der Waals surface area contributed by atoms with E-state index in [1.54, 1.807) is 10.9 Å². The van der Waals surface area contributed by atoms with Crippen molar-refractivity contribution in [3.05, 3.63) is 51.8 Å².